The fraction of sp³-hybridized carbons (Fsp3) is 0.600. The predicted molar refractivity (Wildman–Crippen MR) is 96.1 cm³/mol. The zero-order valence-corrected chi connectivity index (χ0v) is 15.1. The Morgan fingerprint density at radius 1 is 1.36 bits per heavy atom. The second kappa shape index (κ2) is 7.83. The first-order valence-electron chi connectivity index (χ1n) is 8.10. The summed E-state index contributed by atoms with van der Waals surface area (Å²) in [5, 5.41) is 6.26. The number of halogens is 1. The van der Waals surface area contributed by atoms with E-state index >= 15 is 0 Å². The van der Waals surface area contributed by atoms with E-state index in [2.05, 4.69) is 15.6 Å². The summed E-state index contributed by atoms with van der Waals surface area (Å²) >= 11 is 0. The smallest absolute Gasteiger partial charge is 0.332 e. The number of fused-ring (bicyclic) bond motifs is 1. The molecule has 0 unspecified atom stereocenters. The van der Waals surface area contributed by atoms with Gasteiger partial charge in [0.1, 0.15) is 0 Å². The van der Waals surface area contributed by atoms with Crippen LogP contribution in [-0.2, 0) is 25.4 Å². The number of aromatic nitrogens is 4. The first-order valence-corrected chi connectivity index (χ1v) is 8.10. The second-order valence-corrected chi connectivity index (χ2v) is 6.18. The molecule has 0 bridgehead atoms. The van der Waals surface area contributed by atoms with Gasteiger partial charge in [0.05, 0.1) is 6.33 Å². The van der Waals surface area contributed by atoms with Crippen molar-refractivity contribution < 1.29 is 4.79 Å². The fourth-order valence-corrected chi connectivity index (χ4v) is 3.06. The van der Waals surface area contributed by atoms with E-state index in [1.807, 2.05) is 0 Å². The quantitative estimate of drug-likeness (QED) is 0.727. The van der Waals surface area contributed by atoms with Gasteiger partial charge in [-0.15, -0.1) is 12.4 Å². The minimum Gasteiger partial charge on any atom is -0.352 e. The van der Waals surface area contributed by atoms with Gasteiger partial charge in [-0.05, 0) is 19.4 Å². The van der Waals surface area contributed by atoms with Gasteiger partial charge < -0.3 is 15.2 Å². The molecule has 1 saturated heterocycles. The summed E-state index contributed by atoms with van der Waals surface area (Å²) in [6.07, 6.45) is 3.80. The van der Waals surface area contributed by atoms with Crippen molar-refractivity contribution >= 4 is 29.5 Å². The van der Waals surface area contributed by atoms with Crippen molar-refractivity contribution in [3.05, 3.63) is 27.2 Å². The third kappa shape index (κ3) is 3.77. The Labute approximate surface area is 150 Å². The lowest BCUT2D eigenvalue weighted by molar-refractivity contribution is -0.122. The maximum absolute atomic E-state index is 12.3. The van der Waals surface area contributed by atoms with E-state index in [4.69, 9.17) is 0 Å². The molecule has 2 aromatic heterocycles. The summed E-state index contributed by atoms with van der Waals surface area (Å²) in [6, 6.07) is 0.166. The maximum atomic E-state index is 12.3. The zero-order valence-electron chi connectivity index (χ0n) is 14.3. The van der Waals surface area contributed by atoms with E-state index in [9.17, 15) is 14.4 Å². The molecule has 0 aromatic carbocycles. The van der Waals surface area contributed by atoms with E-state index in [1.54, 1.807) is 11.6 Å². The highest BCUT2D eigenvalue weighted by Crippen LogP contribution is 2.07. The average Bonchev–Trinajstić information content (AvgIpc) is 3.01. The number of aryl methyl sites for hydroxylation is 2. The summed E-state index contributed by atoms with van der Waals surface area (Å²) in [5.74, 6) is -0.0489. The molecule has 9 nitrogen and oxygen atoms in total. The third-order valence-corrected chi connectivity index (χ3v) is 4.46. The van der Waals surface area contributed by atoms with Crippen molar-refractivity contribution in [1.82, 2.24) is 29.3 Å². The number of carbonyl (C=O) groups is 1. The van der Waals surface area contributed by atoms with Gasteiger partial charge in [-0.3, -0.25) is 18.7 Å². The van der Waals surface area contributed by atoms with Gasteiger partial charge in [0.15, 0.2) is 11.2 Å². The summed E-state index contributed by atoms with van der Waals surface area (Å²) in [7, 11) is 3.01. The molecule has 3 rings (SSSR count). The number of rotatable bonds is 4. The van der Waals surface area contributed by atoms with Gasteiger partial charge in [-0.1, -0.05) is 0 Å². The van der Waals surface area contributed by atoms with Crippen LogP contribution in [0.5, 0.6) is 0 Å². The van der Waals surface area contributed by atoms with Gasteiger partial charge in [-0.25, -0.2) is 9.78 Å². The monoisotopic (exact) mass is 370 g/mol. The fourth-order valence-electron chi connectivity index (χ4n) is 3.06. The summed E-state index contributed by atoms with van der Waals surface area (Å²) in [4.78, 5) is 40.5. The van der Waals surface area contributed by atoms with Gasteiger partial charge in [0.25, 0.3) is 5.56 Å². The van der Waals surface area contributed by atoms with Crippen LogP contribution in [0.15, 0.2) is 15.9 Å². The number of hydrogen-bond acceptors (Lipinski definition) is 5. The van der Waals surface area contributed by atoms with Gasteiger partial charge >= 0.3 is 5.69 Å². The minimum absolute atomic E-state index is 0. The van der Waals surface area contributed by atoms with Crippen LogP contribution in [0, 0.1) is 0 Å². The zero-order chi connectivity index (χ0) is 17.3. The van der Waals surface area contributed by atoms with Crippen LogP contribution in [0.3, 0.4) is 0 Å². The number of hydrogen-bond donors (Lipinski definition) is 2. The topological polar surface area (TPSA) is 103 Å². The van der Waals surface area contributed by atoms with Crippen LogP contribution in [0.25, 0.3) is 11.2 Å². The molecular formula is C15H23ClN6O3. The van der Waals surface area contributed by atoms with Crippen molar-refractivity contribution in [2.45, 2.75) is 31.8 Å². The first kappa shape index (κ1) is 19.2. The van der Waals surface area contributed by atoms with Crippen molar-refractivity contribution in [3.8, 4) is 0 Å². The molecular weight excluding hydrogens is 348 g/mol. The lowest BCUT2D eigenvalue weighted by Crippen LogP contribution is -2.45. The van der Waals surface area contributed by atoms with Crippen molar-refractivity contribution in [2.24, 2.45) is 14.1 Å². The molecule has 1 aliphatic heterocycles. The number of amides is 1. The summed E-state index contributed by atoms with van der Waals surface area (Å²) in [5.41, 5.74) is -0.144. The Kier molecular flexibility index (Phi) is 6.02. The molecule has 0 spiro atoms. The van der Waals surface area contributed by atoms with Gasteiger partial charge in [0.2, 0.25) is 5.91 Å². The highest BCUT2D eigenvalue weighted by Gasteiger charge is 2.17. The SMILES string of the molecule is Cl.Cn1c(=O)c2c(ncn2CCC(=O)N[C@H]2CCCNC2)n(C)c1=O. The van der Waals surface area contributed by atoms with E-state index in [-0.39, 0.29) is 30.8 Å². The van der Waals surface area contributed by atoms with Crippen LogP contribution >= 0.6 is 12.4 Å². The Balaban J connectivity index is 0.00000225. The van der Waals surface area contributed by atoms with Crippen LogP contribution in [-0.4, -0.2) is 43.7 Å². The maximum Gasteiger partial charge on any atom is 0.332 e. The average molecular weight is 371 g/mol. The van der Waals surface area contributed by atoms with Crippen LogP contribution < -0.4 is 21.9 Å². The van der Waals surface area contributed by atoms with E-state index < -0.39 is 11.2 Å². The largest absolute Gasteiger partial charge is 0.352 e. The van der Waals surface area contributed by atoms with Crippen LogP contribution in [0.1, 0.15) is 19.3 Å². The molecule has 2 N–H and O–H groups in total. The molecule has 25 heavy (non-hydrogen) atoms. The number of piperidine rings is 1. The van der Waals surface area contributed by atoms with Crippen LogP contribution in [0.2, 0.25) is 0 Å². The standard InChI is InChI=1S/C15H22N6O3.ClH/c1-19-13-12(14(23)20(2)15(19)24)21(9-17-13)7-5-11(22)18-10-4-3-6-16-8-10;/h9-10,16H,3-8H2,1-2H3,(H,18,22);1H/t10-;/m0./s1. The highest BCUT2D eigenvalue weighted by atomic mass is 35.5. The molecule has 10 heteroatoms. The molecule has 1 atom stereocenters. The Bertz CT molecular complexity index is 878. The Morgan fingerprint density at radius 2 is 2.12 bits per heavy atom. The molecule has 1 aliphatic rings. The third-order valence-electron chi connectivity index (χ3n) is 4.46. The van der Waals surface area contributed by atoms with Crippen molar-refractivity contribution in [2.75, 3.05) is 13.1 Å². The molecule has 0 aliphatic carbocycles. The number of carbonyl (C=O) groups excluding carboxylic acids is 1. The van der Waals surface area contributed by atoms with Gasteiger partial charge in [-0.2, -0.15) is 0 Å². The van der Waals surface area contributed by atoms with Crippen molar-refractivity contribution in [1.29, 1.82) is 0 Å². The van der Waals surface area contributed by atoms with E-state index in [1.165, 1.54) is 17.9 Å². The number of imidazole rings is 1. The first-order chi connectivity index (χ1) is 11.5. The lowest BCUT2D eigenvalue weighted by Gasteiger charge is -2.23. The van der Waals surface area contributed by atoms with Crippen molar-refractivity contribution in [3.63, 3.8) is 0 Å². The highest BCUT2D eigenvalue weighted by molar-refractivity contribution is 5.85. The summed E-state index contributed by atoms with van der Waals surface area (Å²) in [6.45, 7) is 2.13. The molecule has 0 radical (unpaired) electrons. The Morgan fingerprint density at radius 3 is 2.80 bits per heavy atom. The van der Waals surface area contributed by atoms with E-state index in [0.29, 0.717) is 17.7 Å². The minimum atomic E-state index is -0.416. The molecule has 1 amide bonds. The molecule has 3 heterocycles. The normalized spacial score (nSPS) is 17.3. The number of nitrogens with one attached hydrogen (secondary N) is 2. The summed E-state index contributed by atoms with van der Waals surface area (Å²) < 4.78 is 4.02. The van der Waals surface area contributed by atoms with E-state index in [0.717, 1.165) is 30.5 Å². The van der Waals surface area contributed by atoms with Crippen LogP contribution in [0.4, 0.5) is 0 Å². The Hall–Kier alpha value is -2.13. The number of nitrogens with zero attached hydrogens (tertiary/aromatic N) is 4. The second-order valence-electron chi connectivity index (χ2n) is 6.18. The predicted octanol–water partition coefficient (Wildman–Crippen LogP) is -0.886. The lowest BCUT2D eigenvalue weighted by atomic mass is 10.1. The molecule has 0 saturated carbocycles. The molecule has 1 fully saturated rings. The van der Waals surface area contributed by atoms with Gasteiger partial charge in [0, 0.05) is 39.6 Å². The molecule has 138 valence electrons. The molecule has 2 aromatic rings.